The zero-order valence-electron chi connectivity index (χ0n) is 12.0. The van der Waals surface area contributed by atoms with E-state index < -0.39 is 5.54 Å². The third kappa shape index (κ3) is 3.29. The number of hydrogen-bond acceptors (Lipinski definition) is 5. The lowest BCUT2D eigenvalue weighted by atomic mass is 9.96. The van der Waals surface area contributed by atoms with Crippen LogP contribution in [-0.4, -0.2) is 32.7 Å². The number of aryl methyl sites for hydroxylation is 1. The smallest absolute Gasteiger partial charge is 0.251 e. The predicted molar refractivity (Wildman–Crippen MR) is 81.2 cm³/mol. The van der Waals surface area contributed by atoms with Crippen molar-refractivity contribution in [2.75, 3.05) is 0 Å². The summed E-state index contributed by atoms with van der Waals surface area (Å²) in [6.07, 6.45) is 4.60. The van der Waals surface area contributed by atoms with E-state index in [0.29, 0.717) is 23.3 Å². The van der Waals surface area contributed by atoms with Gasteiger partial charge in [-0.25, -0.2) is 4.98 Å². The number of carbonyl (C=O) groups is 1. The van der Waals surface area contributed by atoms with E-state index in [0.717, 1.165) is 25.7 Å². The second kappa shape index (κ2) is 5.46. The van der Waals surface area contributed by atoms with Crippen LogP contribution in [0, 0.1) is 6.92 Å². The number of rotatable bonds is 5. The summed E-state index contributed by atoms with van der Waals surface area (Å²) >= 11 is 1.53. The molecule has 2 saturated carbocycles. The molecule has 0 saturated heterocycles. The van der Waals surface area contributed by atoms with Gasteiger partial charge in [0.15, 0.2) is 5.16 Å². The number of nitrogens with one attached hydrogen (secondary N) is 2. The maximum absolute atomic E-state index is 11.9. The lowest BCUT2D eigenvalue weighted by molar-refractivity contribution is -0.124. The Bertz CT molecular complexity index is 613. The lowest BCUT2D eigenvalue weighted by Gasteiger charge is -2.27. The Morgan fingerprint density at radius 2 is 2.29 bits per heavy atom. The van der Waals surface area contributed by atoms with Gasteiger partial charge in [0, 0.05) is 23.1 Å². The highest BCUT2D eigenvalue weighted by molar-refractivity contribution is 7.99. The molecule has 2 fully saturated rings. The number of primary amides is 1. The summed E-state index contributed by atoms with van der Waals surface area (Å²) in [5.74, 6) is -0.261. The van der Waals surface area contributed by atoms with Crippen LogP contribution in [0.3, 0.4) is 0 Å². The molecule has 2 aliphatic carbocycles. The summed E-state index contributed by atoms with van der Waals surface area (Å²) in [6, 6.07) is 1.92. The number of amides is 1. The van der Waals surface area contributed by atoms with E-state index in [9.17, 15) is 9.59 Å². The van der Waals surface area contributed by atoms with Gasteiger partial charge in [0.2, 0.25) is 5.91 Å². The molecule has 4 N–H and O–H groups in total. The largest absolute Gasteiger partial charge is 0.368 e. The van der Waals surface area contributed by atoms with Crippen LogP contribution in [0.4, 0.5) is 0 Å². The Morgan fingerprint density at radius 3 is 2.90 bits per heavy atom. The summed E-state index contributed by atoms with van der Waals surface area (Å²) in [6.45, 7) is 1.80. The number of nitrogens with two attached hydrogens (primary N) is 1. The van der Waals surface area contributed by atoms with E-state index in [1.807, 2.05) is 0 Å². The molecule has 7 heteroatoms. The van der Waals surface area contributed by atoms with Gasteiger partial charge in [0.25, 0.3) is 5.56 Å². The molecule has 3 rings (SSSR count). The van der Waals surface area contributed by atoms with Crippen molar-refractivity contribution in [1.82, 2.24) is 15.3 Å². The maximum atomic E-state index is 11.9. The number of thioether (sulfide) groups is 1. The molecule has 0 aliphatic heterocycles. The highest BCUT2D eigenvalue weighted by atomic mass is 32.2. The number of nitrogens with zero attached hydrogens (tertiary/aromatic N) is 1. The molecule has 0 spiro atoms. The normalized spacial score (nSPS) is 28.7. The Labute approximate surface area is 127 Å². The molecule has 2 atom stereocenters. The Hall–Kier alpha value is -1.34. The Balaban J connectivity index is 1.70. The zero-order valence-corrected chi connectivity index (χ0v) is 12.8. The SMILES string of the molecule is Cc1cc(=O)[nH]c(SC2CCC(NC3CC3)(C(N)=O)C2)n1. The van der Waals surface area contributed by atoms with Gasteiger partial charge in [0.05, 0.1) is 5.54 Å². The monoisotopic (exact) mass is 308 g/mol. The maximum Gasteiger partial charge on any atom is 0.251 e. The van der Waals surface area contributed by atoms with Crippen molar-refractivity contribution in [3.05, 3.63) is 22.1 Å². The van der Waals surface area contributed by atoms with Gasteiger partial charge in [-0.15, -0.1) is 0 Å². The molecule has 2 aliphatic rings. The topological polar surface area (TPSA) is 101 Å². The minimum Gasteiger partial charge on any atom is -0.368 e. The van der Waals surface area contributed by atoms with Crippen LogP contribution in [0.5, 0.6) is 0 Å². The molecular weight excluding hydrogens is 288 g/mol. The molecule has 114 valence electrons. The summed E-state index contributed by atoms with van der Waals surface area (Å²) < 4.78 is 0. The van der Waals surface area contributed by atoms with Crippen molar-refractivity contribution < 1.29 is 4.79 Å². The minimum atomic E-state index is -0.580. The second-order valence-corrected chi connectivity index (χ2v) is 7.33. The minimum absolute atomic E-state index is 0.139. The van der Waals surface area contributed by atoms with Crippen molar-refractivity contribution in [3.8, 4) is 0 Å². The molecule has 0 bridgehead atoms. The Kier molecular flexibility index (Phi) is 3.79. The van der Waals surface area contributed by atoms with Crippen LogP contribution in [0.25, 0.3) is 0 Å². The molecule has 1 heterocycles. The quantitative estimate of drug-likeness (QED) is 0.695. The van der Waals surface area contributed by atoms with E-state index >= 15 is 0 Å². The number of hydrogen-bond donors (Lipinski definition) is 3. The predicted octanol–water partition coefficient (Wildman–Crippen LogP) is 0.699. The first-order chi connectivity index (χ1) is 9.97. The van der Waals surface area contributed by atoms with Gasteiger partial charge in [0.1, 0.15) is 0 Å². The van der Waals surface area contributed by atoms with Crippen molar-refractivity contribution in [3.63, 3.8) is 0 Å². The number of H-pyrrole nitrogens is 1. The van der Waals surface area contributed by atoms with Crippen molar-refractivity contribution in [2.45, 2.75) is 61.0 Å². The summed E-state index contributed by atoms with van der Waals surface area (Å²) in [5, 5.41) is 4.29. The molecule has 1 aromatic rings. The van der Waals surface area contributed by atoms with Crippen LogP contribution in [0.1, 0.15) is 37.8 Å². The van der Waals surface area contributed by atoms with E-state index in [2.05, 4.69) is 15.3 Å². The molecule has 2 unspecified atom stereocenters. The average Bonchev–Trinajstić information content (AvgIpc) is 3.08. The van der Waals surface area contributed by atoms with Crippen molar-refractivity contribution in [2.24, 2.45) is 5.73 Å². The zero-order chi connectivity index (χ0) is 15.0. The second-order valence-electron chi connectivity index (χ2n) is 6.04. The molecular formula is C14H20N4O2S. The molecule has 6 nitrogen and oxygen atoms in total. The molecule has 1 amide bonds. The molecule has 21 heavy (non-hydrogen) atoms. The van der Waals surface area contributed by atoms with Gasteiger partial charge in [-0.3, -0.25) is 9.59 Å². The molecule has 0 aromatic carbocycles. The Morgan fingerprint density at radius 1 is 1.52 bits per heavy atom. The summed E-state index contributed by atoms with van der Waals surface area (Å²) in [5.41, 5.74) is 5.61. The molecule has 0 radical (unpaired) electrons. The van der Waals surface area contributed by atoms with Gasteiger partial charge >= 0.3 is 0 Å². The first-order valence-corrected chi connectivity index (χ1v) is 8.17. The van der Waals surface area contributed by atoms with E-state index in [1.165, 1.54) is 17.8 Å². The highest BCUT2D eigenvalue weighted by Crippen LogP contribution is 2.40. The first kappa shape index (κ1) is 14.6. The van der Waals surface area contributed by atoms with Gasteiger partial charge in [-0.05, 0) is 39.0 Å². The number of aromatic nitrogens is 2. The average molecular weight is 308 g/mol. The third-order valence-corrected chi connectivity index (χ3v) is 5.28. The fourth-order valence-electron chi connectivity index (χ4n) is 2.91. The fourth-order valence-corrected chi connectivity index (χ4v) is 4.19. The fraction of sp³-hybridized carbons (Fsp3) is 0.643. The first-order valence-electron chi connectivity index (χ1n) is 7.29. The van der Waals surface area contributed by atoms with Gasteiger partial charge < -0.3 is 16.0 Å². The van der Waals surface area contributed by atoms with E-state index in [-0.39, 0.29) is 16.7 Å². The third-order valence-electron chi connectivity index (χ3n) is 4.12. The van der Waals surface area contributed by atoms with Crippen LogP contribution in [0.2, 0.25) is 0 Å². The summed E-state index contributed by atoms with van der Waals surface area (Å²) in [4.78, 5) is 30.4. The number of aromatic amines is 1. The van der Waals surface area contributed by atoms with Crippen LogP contribution >= 0.6 is 11.8 Å². The highest BCUT2D eigenvalue weighted by Gasteiger charge is 2.47. The van der Waals surface area contributed by atoms with Crippen LogP contribution < -0.4 is 16.6 Å². The van der Waals surface area contributed by atoms with Crippen LogP contribution in [-0.2, 0) is 4.79 Å². The molecule has 1 aromatic heterocycles. The number of carbonyl (C=O) groups excluding carboxylic acids is 1. The lowest BCUT2D eigenvalue weighted by Crippen LogP contribution is -2.54. The van der Waals surface area contributed by atoms with Gasteiger partial charge in [-0.2, -0.15) is 0 Å². The van der Waals surface area contributed by atoms with Crippen molar-refractivity contribution in [1.29, 1.82) is 0 Å². The van der Waals surface area contributed by atoms with Crippen LogP contribution in [0.15, 0.2) is 16.0 Å². The van der Waals surface area contributed by atoms with Crippen molar-refractivity contribution >= 4 is 17.7 Å². The standard InChI is InChI=1S/C14H20N4O2S/c1-8-6-11(19)17-13(16-8)21-10-4-5-14(7-10,12(15)20)18-9-2-3-9/h6,9-10,18H,2-5,7H2,1H3,(H2,15,20)(H,16,17,19). The summed E-state index contributed by atoms with van der Waals surface area (Å²) in [7, 11) is 0. The van der Waals surface area contributed by atoms with E-state index in [4.69, 9.17) is 5.73 Å². The van der Waals surface area contributed by atoms with Gasteiger partial charge in [-0.1, -0.05) is 11.8 Å². The van der Waals surface area contributed by atoms with E-state index in [1.54, 1.807) is 6.92 Å².